The summed E-state index contributed by atoms with van der Waals surface area (Å²) in [5.74, 6) is 6.92. The van der Waals surface area contributed by atoms with Crippen LogP contribution >= 0.6 is 0 Å². The summed E-state index contributed by atoms with van der Waals surface area (Å²) < 4.78 is 26.0. The molecule has 0 atom stereocenters. The number of rotatable bonds is 0. The van der Waals surface area contributed by atoms with Gasteiger partial charge >= 0.3 is 0 Å². The van der Waals surface area contributed by atoms with Crippen molar-refractivity contribution in [3.8, 4) is 90.6 Å². The van der Waals surface area contributed by atoms with E-state index in [9.17, 15) is 0 Å². The monoisotopic (exact) mass is 830 g/mol. The summed E-state index contributed by atoms with van der Waals surface area (Å²) in [6.45, 7) is 8.43. The van der Waals surface area contributed by atoms with Gasteiger partial charge < -0.3 is 17.7 Å². The third-order valence-electron chi connectivity index (χ3n) is 12.5. The van der Waals surface area contributed by atoms with E-state index < -0.39 is 0 Å². The molecule has 10 aliphatic heterocycles. The molecule has 0 saturated carbocycles. The highest BCUT2D eigenvalue weighted by atomic mass is 16.4. The van der Waals surface area contributed by atoms with Crippen LogP contribution in [0.4, 0.5) is 0 Å². The van der Waals surface area contributed by atoms with Gasteiger partial charge in [-0.15, -0.1) is 0 Å². The fourth-order valence-electron chi connectivity index (χ4n) is 8.86. The molecule has 4 aromatic heterocycles. The van der Waals surface area contributed by atoms with Crippen molar-refractivity contribution in [2.75, 3.05) is 0 Å². The fraction of sp³-hybridized carbons (Fsp3) is 0.100. The molecular formula is C60H46O4. The molecule has 10 aliphatic rings. The standard InChI is InChI=1S/C60H46O4/c1-37-35-55-47-25-29-51(30-26-47)59-39(3)33-53(61-59)45-17-9-41(10-18-45)5-6-42-11-19-46(20-12-42)54-34-40(4)60(62-54)52-31-27-48(28-32-52)56-36-38(2)58(64-56)50-23-15-44(16-24-50)8-7-43-13-21-49(22-14-43)57(37)63-55/h5-6,9-36H,7-8H2,1-4H3/b6-5-. The van der Waals surface area contributed by atoms with Crippen molar-refractivity contribution in [2.45, 2.75) is 40.5 Å². The van der Waals surface area contributed by atoms with E-state index >= 15 is 0 Å². The lowest BCUT2D eigenvalue weighted by molar-refractivity contribution is 0.594. The summed E-state index contributed by atoms with van der Waals surface area (Å²) in [5, 5.41) is 0. The van der Waals surface area contributed by atoms with Gasteiger partial charge in [0.05, 0.1) is 0 Å². The Balaban J connectivity index is 0.901. The van der Waals surface area contributed by atoms with Crippen LogP contribution in [0.1, 0.15) is 44.5 Å². The number of benzene rings is 6. The Morgan fingerprint density at radius 2 is 0.484 bits per heavy atom. The summed E-state index contributed by atoms with van der Waals surface area (Å²) in [6.07, 6.45) is 6.16. The number of furan rings is 4. The SMILES string of the molecule is Cc1cc2oc1-c1ccc(cc1)CCc1ccc(cc1)-c1oc(cc1C)-c1ccc(cc1)-c1oc(cc1C)-c1ccc(cc1)/C=C\c1ccc(cc1)-c1cc(C)c(o1)-c1ccc-2cc1. The van der Waals surface area contributed by atoms with Gasteiger partial charge in [-0.25, -0.2) is 0 Å². The molecule has 0 saturated heterocycles. The molecule has 0 aliphatic carbocycles. The summed E-state index contributed by atoms with van der Waals surface area (Å²) >= 11 is 0. The van der Waals surface area contributed by atoms with Crippen molar-refractivity contribution in [1.82, 2.24) is 0 Å². The van der Waals surface area contributed by atoms with Crippen LogP contribution in [0.2, 0.25) is 0 Å². The summed E-state index contributed by atoms with van der Waals surface area (Å²) in [6, 6.07) is 60.0. The van der Waals surface area contributed by atoms with E-state index in [-0.39, 0.29) is 0 Å². The predicted molar refractivity (Wildman–Crippen MR) is 261 cm³/mol. The minimum Gasteiger partial charge on any atom is -0.456 e. The second-order valence-electron chi connectivity index (χ2n) is 17.1. The van der Waals surface area contributed by atoms with Crippen molar-refractivity contribution >= 4 is 12.2 Å². The Hall–Kier alpha value is -7.82. The topological polar surface area (TPSA) is 52.6 Å². The van der Waals surface area contributed by atoms with Gasteiger partial charge in [-0.1, -0.05) is 158 Å². The fourth-order valence-corrected chi connectivity index (χ4v) is 8.86. The maximum absolute atomic E-state index is 6.51. The van der Waals surface area contributed by atoms with Crippen molar-refractivity contribution in [1.29, 1.82) is 0 Å². The zero-order valence-corrected chi connectivity index (χ0v) is 36.4. The van der Waals surface area contributed by atoms with Crippen LogP contribution in [0.25, 0.3) is 103 Å². The highest BCUT2D eigenvalue weighted by Gasteiger charge is 2.17. The Bertz CT molecular complexity index is 3060. The van der Waals surface area contributed by atoms with Crippen molar-refractivity contribution < 1.29 is 17.7 Å². The molecule has 4 nitrogen and oxygen atoms in total. The highest BCUT2D eigenvalue weighted by Crippen LogP contribution is 2.38. The second-order valence-corrected chi connectivity index (χ2v) is 17.1. The van der Waals surface area contributed by atoms with Crippen LogP contribution in [0.5, 0.6) is 0 Å². The molecule has 310 valence electrons. The third kappa shape index (κ3) is 7.58. The first-order valence-electron chi connectivity index (χ1n) is 22.0. The molecule has 0 radical (unpaired) electrons. The molecule has 64 heavy (non-hydrogen) atoms. The van der Waals surface area contributed by atoms with Crippen LogP contribution in [0.15, 0.2) is 188 Å². The molecular weight excluding hydrogens is 785 g/mol. The van der Waals surface area contributed by atoms with Gasteiger partial charge in [-0.05, 0) is 109 Å². The van der Waals surface area contributed by atoms with Crippen LogP contribution in [0.3, 0.4) is 0 Å². The van der Waals surface area contributed by atoms with Crippen LogP contribution in [-0.2, 0) is 12.8 Å². The number of hydrogen-bond acceptors (Lipinski definition) is 4. The molecule has 0 amide bonds. The Kier molecular flexibility index (Phi) is 9.85. The van der Waals surface area contributed by atoms with E-state index in [2.05, 4.69) is 210 Å². The summed E-state index contributed by atoms with van der Waals surface area (Å²) in [4.78, 5) is 0. The van der Waals surface area contributed by atoms with E-state index in [0.29, 0.717) is 0 Å². The third-order valence-corrected chi connectivity index (χ3v) is 12.5. The lowest BCUT2D eigenvalue weighted by Gasteiger charge is -2.06. The predicted octanol–water partition coefficient (Wildman–Crippen LogP) is 16.9. The lowest BCUT2D eigenvalue weighted by Crippen LogP contribution is -1.92. The van der Waals surface area contributed by atoms with E-state index in [4.69, 9.17) is 17.7 Å². The molecule has 20 rings (SSSR count). The molecule has 4 heteroatoms. The Labute approximate surface area is 373 Å². The molecule has 0 fully saturated rings. The van der Waals surface area contributed by atoms with Crippen molar-refractivity contribution in [3.05, 3.63) is 214 Å². The van der Waals surface area contributed by atoms with E-state index in [0.717, 1.165) is 137 Å². The first-order chi connectivity index (χ1) is 31.3. The summed E-state index contributed by atoms with van der Waals surface area (Å²) in [5.41, 5.74) is 17.5. The van der Waals surface area contributed by atoms with Gasteiger partial charge in [0, 0.05) is 44.5 Å². The second kappa shape index (κ2) is 16.1. The minimum atomic E-state index is 0.846. The molecule has 0 unspecified atom stereocenters. The minimum absolute atomic E-state index is 0.846. The van der Waals surface area contributed by atoms with Crippen molar-refractivity contribution in [3.63, 3.8) is 0 Å². The zero-order valence-electron chi connectivity index (χ0n) is 36.4. The summed E-state index contributed by atoms with van der Waals surface area (Å²) in [7, 11) is 0. The van der Waals surface area contributed by atoms with E-state index in [1.54, 1.807) is 0 Å². The van der Waals surface area contributed by atoms with Gasteiger partial charge in [-0.3, -0.25) is 0 Å². The van der Waals surface area contributed by atoms with Gasteiger partial charge in [0.15, 0.2) is 0 Å². The normalized spacial score (nSPS) is 12.7. The van der Waals surface area contributed by atoms with E-state index in [1.165, 1.54) is 11.1 Å². The maximum Gasteiger partial charge on any atom is 0.137 e. The molecule has 20 bridgehead atoms. The maximum atomic E-state index is 6.51. The van der Waals surface area contributed by atoms with Crippen LogP contribution in [-0.4, -0.2) is 0 Å². The quantitative estimate of drug-likeness (QED) is 0.153. The first kappa shape index (κ1) is 39.1. The highest BCUT2D eigenvalue weighted by molar-refractivity contribution is 5.77. The molecule has 14 heterocycles. The van der Waals surface area contributed by atoms with Crippen LogP contribution in [0, 0.1) is 27.7 Å². The average molecular weight is 831 g/mol. The van der Waals surface area contributed by atoms with Gasteiger partial charge in [-0.2, -0.15) is 0 Å². The van der Waals surface area contributed by atoms with E-state index in [1.807, 2.05) is 0 Å². The molecule has 0 N–H and O–H groups in total. The van der Waals surface area contributed by atoms with Gasteiger partial charge in [0.1, 0.15) is 46.1 Å². The number of aryl methyl sites for hydroxylation is 6. The molecule has 6 aromatic carbocycles. The van der Waals surface area contributed by atoms with Crippen molar-refractivity contribution in [2.24, 2.45) is 0 Å². The smallest absolute Gasteiger partial charge is 0.137 e. The van der Waals surface area contributed by atoms with Gasteiger partial charge in [0.25, 0.3) is 0 Å². The average Bonchev–Trinajstić information content (AvgIpc) is 4.13. The lowest BCUT2D eigenvalue weighted by atomic mass is 10.0. The first-order valence-corrected chi connectivity index (χ1v) is 22.0. The molecule has 0 spiro atoms. The van der Waals surface area contributed by atoms with Gasteiger partial charge in [0.2, 0.25) is 0 Å². The zero-order chi connectivity index (χ0) is 43.3. The largest absolute Gasteiger partial charge is 0.456 e. The Morgan fingerprint density at radius 3 is 0.750 bits per heavy atom. The molecule has 10 aromatic rings. The van der Waals surface area contributed by atoms with Crippen LogP contribution < -0.4 is 0 Å². The Morgan fingerprint density at radius 1 is 0.266 bits per heavy atom. The number of hydrogen-bond donors (Lipinski definition) is 0.